The molecule has 4 rings (SSSR count). The van der Waals surface area contributed by atoms with E-state index < -0.39 is 0 Å². The molecule has 0 radical (unpaired) electrons. The van der Waals surface area contributed by atoms with Crippen molar-refractivity contribution in [2.75, 3.05) is 5.32 Å². The van der Waals surface area contributed by atoms with Gasteiger partial charge in [-0.1, -0.05) is 35.9 Å². The van der Waals surface area contributed by atoms with Crippen LogP contribution in [0.15, 0.2) is 65.1 Å². The minimum absolute atomic E-state index is 0.232. The number of halogens is 1. The Balaban J connectivity index is 1.68. The Morgan fingerprint density at radius 1 is 1.00 bits per heavy atom. The van der Waals surface area contributed by atoms with Crippen LogP contribution in [-0.4, -0.2) is 10.9 Å². The summed E-state index contributed by atoms with van der Waals surface area (Å²) < 4.78 is 5.96. The van der Waals surface area contributed by atoms with Gasteiger partial charge in [-0.2, -0.15) is 0 Å². The van der Waals surface area contributed by atoms with Gasteiger partial charge in [0.1, 0.15) is 5.52 Å². The number of oxazole rings is 1. The van der Waals surface area contributed by atoms with E-state index in [1.165, 1.54) is 0 Å². The molecule has 0 fully saturated rings. The Morgan fingerprint density at radius 2 is 1.74 bits per heavy atom. The zero-order valence-electron chi connectivity index (χ0n) is 14.9. The number of aryl methyl sites for hydroxylation is 2. The summed E-state index contributed by atoms with van der Waals surface area (Å²) in [6, 6.07) is 18.3. The van der Waals surface area contributed by atoms with Crippen LogP contribution in [0.25, 0.3) is 22.6 Å². The minimum Gasteiger partial charge on any atom is -0.436 e. The zero-order valence-corrected chi connectivity index (χ0v) is 15.7. The van der Waals surface area contributed by atoms with E-state index in [9.17, 15) is 4.79 Å². The topological polar surface area (TPSA) is 55.1 Å². The van der Waals surface area contributed by atoms with Crippen LogP contribution in [-0.2, 0) is 0 Å². The van der Waals surface area contributed by atoms with Crippen LogP contribution in [0.5, 0.6) is 0 Å². The smallest absolute Gasteiger partial charge is 0.255 e. The van der Waals surface area contributed by atoms with Crippen molar-refractivity contribution in [3.05, 3.63) is 82.4 Å². The summed E-state index contributed by atoms with van der Waals surface area (Å²) in [5, 5.41) is 3.40. The summed E-state index contributed by atoms with van der Waals surface area (Å²) in [4.78, 5) is 17.1. The Kier molecular flexibility index (Phi) is 4.42. The Morgan fingerprint density at radius 3 is 2.48 bits per heavy atom. The molecule has 27 heavy (non-hydrogen) atoms. The SMILES string of the molecule is Cc1cccc(C)c1-c1nc2ccc(C(=O)Nc3cccc(Cl)c3)cc2o1. The highest BCUT2D eigenvalue weighted by Crippen LogP contribution is 2.30. The number of carbonyl (C=O) groups excluding carboxylic acids is 1. The number of nitrogens with zero attached hydrogens (tertiary/aromatic N) is 1. The third-order valence-electron chi connectivity index (χ3n) is 4.43. The first-order valence-electron chi connectivity index (χ1n) is 8.55. The van der Waals surface area contributed by atoms with Gasteiger partial charge in [-0.15, -0.1) is 0 Å². The number of anilines is 1. The van der Waals surface area contributed by atoms with Crippen LogP contribution in [0.2, 0.25) is 5.02 Å². The molecule has 5 heteroatoms. The molecule has 0 atom stereocenters. The normalized spacial score (nSPS) is 10.9. The fourth-order valence-corrected chi connectivity index (χ4v) is 3.28. The number of hydrogen-bond acceptors (Lipinski definition) is 3. The second-order valence-corrected chi connectivity index (χ2v) is 6.87. The van der Waals surface area contributed by atoms with E-state index in [1.807, 2.05) is 32.0 Å². The Bertz CT molecular complexity index is 1140. The molecule has 0 bridgehead atoms. The van der Waals surface area contributed by atoms with Crippen molar-refractivity contribution < 1.29 is 9.21 Å². The molecule has 1 heterocycles. The van der Waals surface area contributed by atoms with E-state index in [0.29, 0.717) is 33.3 Å². The van der Waals surface area contributed by atoms with Crippen LogP contribution < -0.4 is 5.32 Å². The molecule has 0 unspecified atom stereocenters. The van der Waals surface area contributed by atoms with Gasteiger partial charge in [0.2, 0.25) is 5.89 Å². The monoisotopic (exact) mass is 376 g/mol. The van der Waals surface area contributed by atoms with Gasteiger partial charge >= 0.3 is 0 Å². The third-order valence-corrected chi connectivity index (χ3v) is 4.66. The predicted molar refractivity (Wildman–Crippen MR) is 108 cm³/mol. The van der Waals surface area contributed by atoms with Crippen molar-refractivity contribution in [2.24, 2.45) is 0 Å². The molecule has 134 valence electrons. The maximum Gasteiger partial charge on any atom is 0.255 e. The molecular formula is C22H17ClN2O2. The molecule has 1 amide bonds. The minimum atomic E-state index is -0.232. The summed E-state index contributed by atoms with van der Waals surface area (Å²) in [5.74, 6) is 0.331. The summed E-state index contributed by atoms with van der Waals surface area (Å²) in [5.41, 5.74) is 5.60. The van der Waals surface area contributed by atoms with E-state index in [0.717, 1.165) is 16.7 Å². The molecule has 0 saturated carbocycles. The second kappa shape index (κ2) is 6.89. The largest absolute Gasteiger partial charge is 0.436 e. The molecule has 4 aromatic rings. The molecule has 0 aliphatic heterocycles. The average molecular weight is 377 g/mol. The number of carbonyl (C=O) groups is 1. The lowest BCUT2D eigenvalue weighted by Gasteiger charge is -2.05. The van der Waals surface area contributed by atoms with Crippen LogP contribution in [0.3, 0.4) is 0 Å². The standard InChI is InChI=1S/C22H17ClN2O2/c1-13-5-3-6-14(2)20(13)22-25-18-10-9-15(11-19(18)27-22)21(26)24-17-8-4-7-16(23)12-17/h3-12H,1-2H3,(H,24,26). The molecular weight excluding hydrogens is 360 g/mol. The van der Waals surface area contributed by atoms with E-state index in [4.69, 9.17) is 16.0 Å². The van der Waals surface area contributed by atoms with Crippen molar-refractivity contribution >= 4 is 34.3 Å². The van der Waals surface area contributed by atoms with Crippen molar-refractivity contribution in [3.8, 4) is 11.5 Å². The fourth-order valence-electron chi connectivity index (χ4n) is 3.09. The summed E-state index contributed by atoms with van der Waals surface area (Å²) in [6.07, 6.45) is 0. The molecule has 3 aromatic carbocycles. The summed E-state index contributed by atoms with van der Waals surface area (Å²) in [7, 11) is 0. The molecule has 0 saturated heterocycles. The highest BCUT2D eigenvalue weighted by atomic mass is 35.5. The lowest BCUT2D eigenvalue weighted by Crippen LogP contribution is -2.11. The second-order valence-electron chi connectivity index (χ2n) is 6.43. The summed E-state index contributed by atoms with van der Waals surface area (Å²) in [6.45, 7) is 4.06. The number of aromatic nitrogens is 1. The van der Waals surface area contributed by atoms with Gasteiger partial charge in [-0.05, 0) is 61.4 Å². The van der Waals surface area contributed by atoms with Gasteiger partial charge in [0, 0.05) is 21.8 Å². The Labute approximate surface area is 161 Å². The van der Waals surface area contributed by atoms with Crippen LogP contribution >= 0.6 is 11.6 Å². The average Bonchev–Trinajstić information content (AvgIpc) is 3.04. The zero-order chi connectivity index (χ0) is 19.0. The molecule has 0 spiro atoms. The summed E-state index contributed by atoms with van der Waals surface area (Å²) >= 11 is 5.96. The quantitative estimate of drug-likeness (QED) is 0.475. The number of benzene rings is 3. The van der Waals surface area contributed by atoms with Crippen LogP contribution in [0.1, 0.15) is 21.5 Å². The van der Waals surface area contributed by atoms with Crippen molar-refractivity contribution in [1.82, 2.24) is 4.98 Å². The number of rotatable bonds is 3. The third kappa shape index (κ3) is 3.44. The first kappa shape index (κ1) is 17.3. The predicted octanol–water partition coefficient (Wildman–Crippen LogP) is 6.02. The molecule has 0 aliphatic carbocycles. The lowest BCUT2D eigenvalue weighted by atomic mass is 10.0. The van der Waals surface area contributed by atoms with Gasteiger partial charge in [0.25, 0.3) is 5.91 Å². The highest BCUT2D eigenvalue weighted by molar-refractivity contribution is 6.31. The highest BCUT2D eigenvalue weighted by Gasteiger charge is 2.15. The maximum atomic E-state index is 12.5. The number of nitrogens with one attached hydrogen (secondary N) is 1. The maximum absolute atomic E-state index is 12.5. The first-order chi connectivity index (χ1) is 13.0. The molecule has 4 nitrogen and oxygen atoms in total. The molecule has 0 aliphatic rings. The van der Waals surface area contributed by atoms with Crippen molar-refractivity contribution in [2.45, 2.75) is 13.8 Å². The van der Waals surface area contributed by atoms with E-state index >= 15 is 0 Å². The number of fused-ring (bicyclic) bond motifs is 1. The van der Waals surface area contributed by atoms with Gasteiger partial charge in [0.15, 0.2) is 5.58 Å². The van der Waals surface area contributed by atoms with Crippen LogP contribution in [0, 0.1) is 13.8 Å². The van der Waals surface area contributed by atoms with Gasteiger partial charge < -0.3 is 9.73 Å². The van der Waals surface area contributed by atoms with Gasteiger partial charge in [0.05, 0.1) is 0 Å². The first-order valence-corrected chi connectivity index (χ1v) is 8.93. The Hall–Kier alpha value is -3.11. The number of amides is 1. The fraction of sp³-hybridized carbons (Fsp3) is 0.0909. The van der Waals surface area contributed by atoms with E-state index in [-0.39, 0.29) is 5.91 Å². The van der Waals surface area contributed by atoms with Gasteiger partial charge in [-0.25, -0.2) is 4.98 Å². The van der Waals surface area contributed by atoms with Crippen LogP contribution in [0.4, 0.5) is 5.69 Å². The lowest BCUT2D eigenvalue weighted by molar-refractivity contribution is 0.102. The number of hydrogen-bond donors (Lipinski definition) is 1. The van der Waals surface area contributed by atoms with E-state index in [2.05, 4.69) is 10.3 Å². The van der Waals surface area contributed by atoms with Crippen molar-refractivity contribution in [1.29, 1.82) is 0 Å². The molecule has 1 aromatic heterocycles. The van der Waals surface area contributed by atoms with Gasteiger partial charge in [-0.3, -0.25) is 4.79 Å². The van der Waals surface area contributed by atoms with Crippen molar-refractivity contribution in [3.63, 3.8) is 0 Å². The van der Waals surface area contributed by atoms with E-state index in [1.54, 1.807) is 42.5 Å². The molecule has 1 N–H and O–H groups in total.